The zero-order valence-electron chi connectivity index (χ0n) is 37.4. The van der Waals surface area contributed by atoms with Gasteiger partial charge in [-0.3, -0.25) is 0 Å². The molecule has 61 heavy (non-hydrogen) atoms. The summed E-state index contributed by atoms with van der Waals surface area (Å²) in [7, 11) is 15.3. The molecule has 0 saturated heterocycles. The molecule has 0 fully saturated rings. The van der Waals surface area contributed by atoms with E-state index in [1.165, 1.54) is 0 Å². The number of carbonyl (C=O) groups excluding carboxylic acids is 4. The third kappa shape index (κ3) is 13.5. The molecular weight excluding hydrogens is 777 g/mol. The van der Waals surface area contributed by atoms with Gasteiger partial charge in [0.25, 0.3) is 0 Å². The Labute approximate surface area is 361 Å². The highest BCUT2D eigenvalue weighted by Gasteiger charge is 2.37. The summed E-state index contributed by atoms with van der Waals surface area (Å²) >= 11 is 0. The van der Waals surface area contributed by atoms with Crippen LogP contribution in [0.15, 0.2) is 97.1 Å². The minimum atomic E-state index is -0.978. The minimum Gasteiger partial charge on any atom is -0.461 e. The van der Waals surface area contributed by atoms with E-state index >= 15 is 0 Å². The van der Waals surface area contributed by atoms with Gasteiger partial charge in [-0.2, -0.15) is 0 Å². The SMILES string of the molecule is CCC(COCC(CC)(COC(=O)c1ccc(N(C)C)cc1)COC(=O)c1ccc(N(C)C)cc1)(COC(=O)c1ccc(N(C)C)cc1)COC(=O)c1ccc(N(C)C)cc1. The molecule has 0 spiro atoms. The number of nitrogens with zero attached hydrogens (tertiary/aromatic N) is 4. The fourth-order valence-corrected chi connectivity index (χ4v) is 6.14. The van der Waals surface area contributed by atoms with Crippen molar-refractivity contribution in [2.24, 2.45) is 10.8 Å². The summed E-state index contributed by atoms with van der Waals surface area (Å²) in [6.07, 6.45) is 0.809. The van der Waals surface area contributed by atoms with E-state index in [9.17, 15) is 19.2 Å². The maximum atomic E-state index is 13.4. The first-order valence-electron chi connectivity index (χ1n) is 20.4. The van der Waals surface area contributed by atoms with Gasteiger partial charge in [-0.15, -0.1) is 0 Å². The van der Waals surface area contributed by atoms with Gasteiger partial charge in [0.2, 0.25) is 0 Å². The van der Waals surface area contributed by atoms with Gasteiger partial charge in [-0.25, -0.2) is 19.2 Å². The van der Waals surface area contributed by atoms with Gasteiger partial charge >= 0.3 is 23.9 Å². The second-order valence-corrected chi connectivity index (χ2v) is 16.3. The number of ether oxygens (including phenoxy) is 5. The summed E-state index contributed by atoms with van der Waals surface area (Å²) in [5.74, 6) is -2.14. The van der Waals surface area contributed by atoms with Crippen molar-refractivity contribution in [2.45, 2.75) is 26.7 Å². The van der Waals surface area contributed by atoms with Gasteiger partial charge in [0.1, 0.15) is 26.4 Å². The molecule has 0 unspecified atom stereocenters. The predicted molar refractivity (Wildman–Crippen MR) is 240 cm³/mol. The zero-order chi connectivity index (χ0) is 44.7. The highest BCUT2D eigenvalue weighted by atomic mass is 16.6. The van der Waals surface area contributed by atoms with Crippen LogP contribution >= 0.6 is 0 Å². The van der Waals surface area contributed by atoms with Gasteiger partial charge in [0, 0.05) is 79.1 Å². The van der Waals surface area contributed by atoms with Crippen molar-refractivity contribution in [2.75, 3.05) is 116 Å². The van der Waals surface area contributed by atoms with E-state index in [4.69, 9.17) is 23.7 Å². The van der Waals surface area contributed by atoms with Crippen LogP contribution in [0.25, 0.3) is 0 Å². The van der Waals surface area contributed by atoms with Gasteiger partial charge in [0.05, 0.1) is 46.3 Å². The molecule has 4 rings (SSSR count). The minimum absolute atomic E-state index is 0.00909. The quantitative estimate of drug-likeness (QED) is 0.0574. The Bertz CT molecular complexity index is 1750. The average molecular weight is 839 g/mol. The van der Waals surface area contributed by atoms with Gasteiger partial charge < -0.3 is 43.3 Å². The van der Waals surface area contributed by atoms with E-state index < -0.39 is 34.7 Å². The predicted octanol–water partition coefficient (Wildman–Crippen LogP) is 7.49. The molecule has 0 bridgehead atoms. The second-order valence-electron chi connectivity index (χ2n) is 16.3. The van der Waals surface area contributed by atoms with Crippen molar-refractivity contribution in [3.8, 4) is 0 Å². The van der Waals surface area contributed by atoms with Crippen molar-refractivity contribution in [1.82, 2.24) is 0 Å². The van der Waals surface area contributed by atoms with Crippen molar-refractivity contribution >= 4 is 46.6 Å². The van der Waals surface area contributed by atoms with Crippen molar-refractivity contribution < 1.29 is 42.9 Å². The number of anilines is 4. The van der Waals surface area contributed by atoms with Gasteiger partial charge in [0.15, 0.2) is 0 Å². The molecule has 0 radical (unpaired) electrons. The van der Waals surface area contributed by atoms with Crippen LogP contribution in [0.2, 0.25) is 0 Å². The molecule has 0 amide bonds. The maximum absolute atomic E-state index is 13.4. The Hall–Kier alpha value is -6.08. The lowest BCUT2D eigenvalue weighted by molar-refractivity contribution is -0.0877. The van der Waals surface area contributed by atoms with E-state index in [1.807, 2.05) is 138 Å². The number of esters is 4. The molecule has 0 atom stereocenters. The highest BCUT2D eigenvalue weighted by molar-refractivity contribution is 5.91. The van der Waals surface area contributed by atoms with Crippen molar-refractivity contribution in [3.63, 3.8) is 0 Å². The molecule has 0 saturated carbocycles. The number of hydrogen-bond donors (Lipinski definition) is 0. The lowest BCUT2D eigenvalue weighted by atomic mass is 9.86. The third-order valence-corrected chi connectivity index (χ3v) is 10.8. The molecule has 0 aromatic heterocycles. The molecular formula is C48H62N4O9. The molecule has 0 aliphatic carbocycles. The van der Waals surface area contributed by atoms with Crippen LogP contribution in [0.1, 0.15) is 68.1 Å². The molecule has 0 heterocycles. The molecule has 328 valence electrons. The van der Waals surface area contributed by atoms with E-state index in [0.717, 1.165) is 22.7 Å². The van der Waals surface area contributed by atoms with Crippen LogP contribution in [-0.4, -0.2) is 120 Å². The van der Waals surface area contributed by atoms with Gasteiger partial charge in [-0.05, 0) is 110 Å². The van der Waals surface area contributed by atoms with E-state index in [1.54, 1.807) is 48.5 Å². The first-order valence-corrected chi connectivity index (χ1v) is 20.4. The standard InChI is InChI=1S/C48H62N4O9/c1-11-47(31-58-43(53)35-13-21-39(22-14-35)49(3)4,32-59-44(54)36-15-23-40(24-16-36)50(5)6)29-57-30-48(12-2,33-60-45(55)37-17-25-41(26-18-37)51(7)8)34-61-46(56)38-19-27-42(28-20-38)52(9)10/h13-28H,11-12,29-34H2,1-10H3. The molecule has 13 heteroatoms. The summed E-state index contributed by atoms with van der Waals surface area (Å²) in [5, 5.41) is 0. The molecule has 4 aromatic carbocycles. The van der Waals surface area contributed by atoms with Gasteiger partial charge in [-0.1, -0.05) is 13.8 Å². The van der Waals surface area contributed by atoms with E-state index in [-0.39, 0.29) is 39.6 Å². The van der Waals surface area contributed by atoms with Crippen LogP contribution in [0.5, 0.6) is 0 Å². The smallest absolute Gasteiger partial charge is 0.338 e. The van der Waals surface area contributed by atoms with Crippen LogP contribution in [0.4, 0.5) is 22.7 Å². The average Bonchev–Trinajstić information content (AvgIpc) is 3.27. The number of rotatable bonds is 22. The summed E-state index contributed by atoms with van der Waals surface area (Å²) < 4.78 is 30.1. The third-order valence-electron chi connectivity index (χ3n) is 10.8. The van der Waals surface area contributed by atoms with Crippen LogP contribution in [0.3, 0.4) is 0 Å². The Morgan fingerprint density at radius 2 is 0.557 bits per heavy atom. The van der Waals surface area contributed by atoms with E-state index in [0.29, 0.717) is 35.1 Å². The molecule has 0 N–H and O–H groups in total. The molecule has 4 aromatic rings. The van der Waals surface area contributed by atoms with Crippen molar-refractivity contribution in [3.05, 3.63) is 119 Å². The van der Waals surface area contributed by atoms with E-state index in [2.05, 4.69) is 0 Å². The van der Waals surface area contributed by atoms with Crippen molar-refractivity contribution in [1.29, 1.82) is 0 Å². The molecule has 0 aliphatic rings. The van der Waals surface area contributed by atoms with Crippen LogP contribution in [-0.2, 0) is 23.7 Å². The Balaban J connectivity index is 1.57. The highest BCUT2D eigenvalue weighted by Crippen LogP contribution is 2.30. The Morgan fingerprint density at radius 1 is 0.361 bits per heavy atom. The maximum Gasteiger partial charge on any atom is 0.338 e. The lowest BCUT2D eigenvalue weighted by Gasteiger charge is -2.35. The second kappa shape index (κ2) is 22.0. The summed E-state index contributed by atoms with van der Waals surface area (Å²) in [5.41, 5.74) is 3.24. The lowest BCUT2D eigenvalue weighted by Crippen LogP contribution is -2.42. The van der Waals surface area contributed by atoms with Crippen LogP contribution < -0.4 is 19.6 Å². The Morgan fingerprint density at radius 3 is 0.721 bits per heavy atom. The number of hydrogen-bond acceptors (Lipinski definition) is 13. The number of carbonyl (C=O) groups is 4. The van der Waals surface area contributed by atoms with Crippen LogP contribution in [0, 0.1) is 10.8 Å². The summed E-state index contributed by atoms with van der Waals surface area (Å²) in [6, 6.07) is 28.2. The normalized spacial score (nSPS) is 11.3. The Kier molecular flexibility index (Phi) is 17.1. The summed E-state index contributed by atoms with van der Waals surface area (Å²) in [6.45, 7) is 3.29. The zero-order valence-corrected chi connectivity index (χ0v) is 37.4. The first kappa shape index (κ1) is 47.6. The monoisotopic (exact) mass is 838 g/mol. The molecule has 13 nitrogen and oxygen atoms in total. The molecule has 0 aliphatic heterocycles. The number of benzene rings is 4. The fraction of sp³-hybridized carbons (Fsp3) is 0.417. The topological polar surface area (TPSA) is 127 Å². The largest absolute Gasteiger partial charge is 0.461 e. The first-order chi connectivity index (χ1) is 29.0. The fourth-order valence-electron chi connectivity index (χ4n) is 6.14. The summed E-state index contributed by atoms with van der Waals surface area (Å²) in [4.78, 5) is 61.2.